The summed E-state index contributed by atoms with van der Waals surface area (Å²) in [6, 6.07) is 7.80. The van der Waals surface area contributed by atoms with Crippen molar-refractivity contribution in [2.45, 2.75) is 109 Å². The first-order valence-electron chi connectivity index (χ1n) is 12.3. The van der Waals surface area contributed by atoms with Crippen molar-refractivity contribution in [1.82, 2.24) is 4.90 Å². The van der Waals surface area contributed by atoms with Gasteiger partial charge in [0, 0.05) is 23.6 Å². The minimum absolute atomic E-state index is 0.0679. The molecule has 0 spiro atoms. The minimum Gasteiger partial charge on any atom is -0.444 e. The van der Waals surface area contributed by atoms with Crippen LogP contribution >= 0.6 is 0 Å². The van der Waals surface area contributed by atoms with E-state index in [9.17, 15) is 9.59 Å². The molecule has 0 aromatic heterocycles. The number of piperidine rings is 2. The van der Waals surface area contributed by atoms with E-state index in [1.807, 2.05) is 77.6 Å². The number of fused-ring (bicyclic) bond motifs is 2. The van der Waals surface area contributed by atoms with Gasteiger partial charge in [0.05, 0.1) is 11.2 Å². The summed E-state index contributed by atoms with van der Waals surface area (Å²) in [5.74, 6) is 0.0953. The lowest BCUT2D eigenvalue weighted by molar-refractivity contribution is -0.0260. The van der Waals surface area contributed by atoms with Crippen molar-refractivity contribution in [3.63, 3.8) is 0 Å². The molecule has 180 valence electrons. The Hall–Kier alpha value is -1.86. The molecule has 3 aliphatic heterocycles. The number of benzene rings is 1. The lowest BCUT2D eigenvalue weighted by Crippen LogP contribution is -2.56. The minimum atomic E-state index is -0.517. The summed E-state index contributed by atoms with van der Waals surface area (Å²) >= 11 is 0. The van der Waals surface area contributed by atoms with Crippen molar-refractivity contribution in [1.29, 1.82) is 0 Å². The Kier molecular flexibility index (Phi) is 6.19. The molecule has 1 aromatic carbocycles. The Morgan fingerprint density at radius 1 is 0.970 bits per heavy atom. The molecule has 3 heterocycles. The predicted molar refractivity (Wildman–Crippen MR) is 129 cm³/mol. The van der Waals surface area contributed by atoms with Crippen molar-refractivity contribution in [3.05, 3.63) is 29.8 Å². The summed E-state index contributed by atoms with van der Waals surface area (Å²) in [6.07, 6.45) is 4.12. The molecule has 7 heteroatoms. The van der Waals surface area contributed by atoms with Crippen molar-refractivity contribution in [3.8, 4) is 0 Å². The van der Waals surface area contributed by atoms with Gasteiger partial charge in [-0.15, -0.1) is 0 Å². The van der Waals surface area contributed by atoms with Gasteiger partial charge in [-0.2, -0.15) is 0 Å². The summed E-state index contributed by atoms with van der Waals surface area (Å²) in [6.45, 7) is 13.8. The van der Waals surface area contributed by atoms with Crippen LogP contribution in [0.4, 0.5) is 4.79 Å². The van der Waals surface area contributed by atoms with E-state index >= 15 is 0 Å². The Bertz CT molecular complexity index is 874. The monoisotopic (exact) mass is 455 g/mol. The molecule has 2 bridgehead atoms. The molecule has 0 N–H and O–H groups in total. The van der Waals surface area contributed by atoms with Gasteiger partial charge in [0.25, 0.3) is 0 Å². The lowest BCUT2D eigenvalue weighted by Gasteiger charge is -2.48. The standard InChI is InChI=1S/C26H38BNO5/c1-24(2,3)31-23(30)28-20-9-8-10-21(28)16-18(15-20)22(29)17-11-13-19(14-12-17)27-32-25(4,5)26(6,7)33-27/h11-14,18,20-21H,8-10,15-16H2,1-7H3. The zero-order valence-corrected chi connectivity index (χ0v) is 21.1. The zero-order valence-electron chi connectivity index (χ0n) is 21.1. The van der Waals surface area contributed by atoms with E-state index < -0.39 is 23.9 Å². The molecular formula is C26H38BNO5. The number of carbonyl (C=O) groups is 2. The largest absolute Gasteiger partial charge is 0.494 e. The van der Waals surface area contributed by atoms with Crippen LogP contribution in [0.5, 0.6) is 0 Å². The maximum Gasteiger partial charge on any atom is 0.494 e. The van der Waals surface area contributed by atoms with Crippen LogP contribution in [0.1, 0.15) is 90.9 Å². The normalized spacial score (nSPS) is 28.5. The van der Waals surface area contributed by atoms with Crippen molar-refractivity contribution in [2.24, 2.45) is 5.92 Å². The van der Waals surface area contributed by atoms with E-state index in [0.29, 0.717) is 18.4 Å². The molecule has 6 nitrogen and oxygen atoms in total. The second kappa shape index (κ2) is 8.42. The first kappa shape index (κ1) is 24.3. The van der Waals surface area contributed by atoms with E-state index in [4.69, 9.17) is 14.0 Å². The second-order valence-electron chi connectivity index (χ2n) is 11.9. The summed E-state index contributed by atoms with van der Waals surface area (Å²) in [7, 11) is -0.435. The number of Topliss-reactive ketones (excluding diaryl/α,β-unsaturated/α-hetero) is 1. The molecule has 0 radical (unpaired) electrons. The highest BCUT2D eigenvalue weighted by molar-refractivity contribution is 6.62. The topological polar surface area (TPSA) is 65.1 Å². The summed E-state index contributed by atoms with van der Waals surface area (Å²) in [5, 5.41) is 0. The van der Waals surface area contributed by atoms with Crippen LogP contribution in [0.2, 0.25) is 0 Å². The van der Waals surface area contributed by atoms with Gasteiger partial charge in [0.1, 0.15) is 5.60 Å². The van der Waals surface area contributed by atoms with E-state index in [1.54, 1.807) is 0 Å². The maximum atomic E-state index is 13.4. The predicted octanol–water partition coefficient (Wildman–Crippen LogP) is 4.74. The van der Waals surface area contributed by atoms with Gasteiger partial charge >= 0.3 is 13.2 Å². The average Bonchev–Trinajstić information content (AvgIpc) is 2.92. The van der Waals surface area contributed by atoms with Gasteiger partial charge in [-0.05, 0) is 86.0 Å². The quantitative estimate of drug-likeness (QED) is 0.487. The highest BCUT2D eigenvalue weighted by Gasteiger charge is 2.51. The summed E-state index contributed by atoms with van der Waals surface area (Å²) in [5.41, 5.74) is 0.320. The maximum absolute atomic E-state index is 13.4. The Morgan fingerprint density at radius 2 is 1.48 bits per heavy atom. The molecule has 2 atom stereocenters. The lowest BCUT2D eigenvalue weighted by atomic mass is 9.75. The van der Waals surface area contributed by atoms with Crippen molar-refractivity contribution >= 4 is 24.5 Å². The molecule has 0 aliphatic carbocycles. The SMILES string of the molecule is CC(C)(C)OC(=O)N1C2CCCC1CC(C(=O)c1ccc(B3OC(C)(C)C(C)(C)O3)cc1)C2. The molecule has 0 saturated carbocycles. The highest BCUT2D eigenvalue weighted by Crippen LogP contribution is 2.39. The number of nitrogens with zero attached hydrogens (tertiary/aromatic N) is 1. The van der Waals surface area contributed by atoms with E-state index in [-0.39, 0.29) is 29.9 Å². The molecule has 4 rings (SSSR count). The molecule has 3 saturated heterocycles. The number of ether oxygens (including phenoxy) is 1. The van der Waals surface area contributed by atoms with Crippen LogP contribution in [0.15, 0.2) is 24.3 Å². The average molecular weight is 455 g/mol. The number of carbonyl (C=O) groups excluding carboxylic acids is 2. The molecule has 2 unspecified atom stereocenters. The molecule has 1 aromatic rings. The Labute approximate surface area is 198 Å². The smallest absolute Gasteiger partial charge is 0.444 e. The molecule has 33 heavy (non-hydrogen) atoms. The van der Waals surface area contributed by atoms with Crippen LogP contribution in [0.3, 0.4) is 0 Å². The number of hydrogen-bond acceptors (Lipinski definition) is 5. The summed E-state index contributed by atoms with van der Waals surface area (Å²) < 4.78 is 17.9. The highest BCUT2D eigenvalue weighted by atomic mass is 16.7. The van der Waals surface area contributed by atoms with Crippen LogP contribution in [0.25, 0.3) is 0 Å². The molecule has 1 amide bonds. The number of ketones is 1. The second-order valence-corrected chi connectivity index (χ2v) is 11.9. The van der Waals surface area contributed by atoms with Gasteiger partial charge < -0.3 is 18.9 Å². The van der Waals surface area contributed by atoms with Gasteiger partial charge in [0.15, 0.2) is 5.78 Å². The zero-order chi connectivity index (χ0) is 24.2. The third-order valence-electron chi connectivity index (χ3n) is 7.67. The van der Waals surface area contributed by atoms with E-state index in [1.165, 1.54) is 0 Å². The van der Waals surface area contributed by atoms with Gasteiger partial charge in [-0.25, -0.2) is 4.79 Å². The third kappa shape index (κ3) is 4.85. The number of hydrogen-bond donors (Lipinski definition) is 0. The Balaban J connectivity index is 1.44. The fourth-order valence-electron chi connectivity index (χ4n) is 5.23. The van der Waals surface area contributed by atoms with Crippen LogP contribution in [0, 0.1) is 5.92 Å². The van der Waals surface area contributed by atoms with Crippen LogP contribution < -0.4 is 5.46 Å². The van der Waals surface area contributed by atoms with Crippen LogP contribution in [-0.4, -0.2) is 52.8 Å². The van der Waals surface area contributed by atoms with E-state index in [0.717, 1.165) is 24.7 Å². The van der Waals surface area contributed by atoms with Gasteiger partial charge in [-0.3, -0.25) is 4.79 Å². The summed E-state index contributed by atoms with van der Waals surface area (Å²) in [4.78, 5) is 28.1. The van der Waals surface area contributed by atoms with Crippen LogP contribution in [-0.2, 0) is 14.0 Å². The third-order valence-corrected chi connectivity index (χ3v) is 7.67. The van der Waals surface area contributed by atoms with E-state index in [2.05, 4.69) is 0 Å². The fourth-order valence-corrected chi connectivity index (χ4v) is 5.23. The first-order chi connectivity index (χ1) is 15.3. The fraction of sp³-hybridized carbons (Fsp3) is 0.692. The van der Waals surface area contributed by atoms with Gasteiger partial charge in [0.2, 0.25) is 0 Å². The molecular weight excluding hydrogens is 417 g/mol. The van der Waals surface area contributed by atoms with Gasteiger partial charge in [-0.1, -0.05) is 24.3 Å². The number of rotatable bonds is 3. The van der Waals surface area contributed by atoms with Crippen molar-refractivity contribution < 1.29 is 23.6 Å². The molecule has 3 aliphatic rings. The first-order valence-corrected chi connectivity index (χ1v) is 12.3. The number of amides is 1. The van der Waals surface area contributed by atoms with Crippen molar-refractivity contribution in [2.75, 3.05) is 0 Å². The molecule has 3 fully saturated rings. The Morgan fingerprint density at radius 3 is 1.97 bits per heavy atom.